The summed E-state index contributed by atoms with van der Waals surface area (Å²) >= 11 is 0. The molecule has 0 radical (unpaired) electrons. The first kappa shape index (κ1) is 11.9. The average molecular weight is 233 g/mol. The second-order valence-electron chi connectivity index (χ2n) is 3.13. The lowest BCUT2D eigenvalue weighted by molar-refractivity contribution is 0.583. The molecule has 1 aromatic heterocycles. The second-order valence-corrected chi connectivity index (χ2v) is 5.11. The minimum absolute atomic E-state index is 0.0925. The average Bonchev–Trinajstić information content (AvgIpc) is 2.12. The van der Waals surface area contributed by atoms with Crippen LogP contribution < -0.4 is 10.5 Å². The van der Waals surface area contributed by atoms with E-state index in [1.165, 1.54) is 19.1 Å². The SMILES string of the molecule is CC(CNc1cccc(F)n1)S(N)(=O)=O. The predicted octanol–water partition coefficient (Wildman–Crippen LogP) is 0.310. The normalized spacial score (nSPS) is 13.5. The van der Waals surface area contributed by atoms with E-state index in [4.69, 9.17) is 5.14 Å². The molecule has 5 nitrogen and oxygen atoms in total. The first-order valence-corrected chi connectivity index (χ1v) is 5.88. The number of nitrogens with one attached hydrogen (secondary N) is 1. The monoisotopic (exact) mass is 233 g/mol. The van der Waals surface area contributed by atoms with Crippen LogP contribution in [0.5, 0.6) is 0 Å². The van der Waals surface area contributed by atoms with Crippen molar-refractivity contribution < 1.29 is 12.8 Å². The van der Waals surface area contributed by atoms with E-state index in [0.29, 0.717) is 0 Å². The molecular weight excluding hydrogens is 221 g/mol. The number of nitrogens with two attached hydrogens (primary N) is 1. The summed E-state index contributed by atoms with van der Waals surface area (Å²) in [6, 6.07) is 4.22. The first-order chi connectivity index (χ1) is 6.89. The molecule has 1 unspecified atom stereocenters. The highest BCUT2D eigenvalue weighted by molar-refractivity contribution is 7.89. The summed E-state index contributed by atoms with van der Waals surface area (Å²) < 4.78 is 34.4. The topological polar surface area (TPSA) is 85.1 Å². The lowest BCUT2D eigenvalue weighted by Gasteiger charge is -2.10. The number of rotatable bonds is 4. The molecule has 1 aromatic rings. The van der Waals surface area contributed by atoms with Gasteiger partial charge in [0.2, 0.25) is 16.0 Å². The molecule has 0 saturated heterocycles. The zero-order chi connectivity index (χ0) is 11.5. The number of anilines is 1. The molecule has 1 atom stereocenters. The van der Waals surface area contributed by atoms with Gasteiger partial charge in [-0.2, -0.15) is 4.39 Å². The highest BCUT2D eigenvalue weighted by Crippen LogP contribution is 2.04. The first-order valence-electron chi connectivity index (χ1n) is 4.27. The Morgan fingerprint density at radius 1 is 1.60 bits per heavy atom. The molecule has 0 bridgehead atoms. The molecule has 1 heterocycles. The van der Waals surface area contributed by atoms with E-state index in [1.54, 1.807) is 6.07 Å². The molecule has 0 amide bonds. The van der Waals surface area contributed by atoms with Crippen molar-refractivity contribution in [1.29, 1.82) is 0 Å². The van der Waals surface area contributed by atoms with Gasteiger partial charge in [-0.1, -0.05) is 6.07 Å². The van der Waals surface area contributed by atoms with Crippen LogP contribution in [0.3, 0.4) is 0 Å². The molecular formula is C8H12FN3O2S. The number of nitrogens with zero attached hydrogens (tertiary/aromatic N) is 1. The molecule has 0 aliphatic rings. The van der Waals surface area contributed by atoms with Gasteiger partial charge in [0.25, 0.3) is 0 Å². The zero-order valence-corrected chi connectivity index (χ0v) is 8.96. The molecule has 7 heteroatoms. The fraction of sp³-hybridized carbons (Fsp3) is 0.375. The van der Waals surface area contributed by atoms with Crippen LogP contribution >= 0.6 is 0 Å². The van der Waals surface area contributed by atoms with Crippen molar-refractivity contribution in [2.45, 2.75) is 12.2 Å². The third-order valence-electron chi connectivity index (χ3n) is 1.85. The molecule has 0 aromatic carbocycles. The van der Waals surface area contributed by atoms with Crippen molar-refractivity contribution in [2.75, 3.05) is 11.9 Å². The minimum atomic E-state index is -3.57. The molecule has 3 N–H and O–H groups in total. The number of hydrogen-bond donors (Lipinski definition) is 2. The number of halogens is 1. The van der Waals surface area contributed by atoms with E-state index >= 15 is 0 Å². The summed E-state index contributed by atoms with van der Waals surface area (Å²) in [6.07, 6.45) is 0. The van der Waals surface area contributed by atoms with Gasteiger partial charge in [-0.25, -0.2) is 18.5 Å². The predicted molar refractivity (Wildman–Crippen MR) is 55.3 cm³/mol. The molecule has 84 valence electrons. The Balaban J connectivity index is 2.58. The quantitative estimate of drug-likeness (QED) is 0.733. The third kappa shape index (κ3) is 3.80. The van der Waals surface area contributed by atoms with Crippen LogP contribution in [0.15, 0.2) is 18.2 Å². The summed E-state index contributed by atoms with van der Waals surface area (Å²) in [5.41, 5.74) is 0. The molecule has 1 rings (SSSR count). The maximum Gasteiger partial charge on any atom is 0.214 e. The van der Waals surface area contributed by atoms with E-state index in [-0.39, 0.29) is 12.4 Å². The van der Waals surface area contributed by atoms with E-state index in [0.717, 1.165) is 0 Å². The van der Waals surface area contributed by atoms with Gasteiger partial charge in [0.1, 0.15) is 5.82 Å². The maximum atomic E-state index is 12.6. The Hall–Kier alpha value is -1.21. The van der Waals surface area contributed by atoms with Crippen LogP contribution in [0.4, 0.5) is 10.2 Å². The summed E-state index contributed by atoms with van der Waals surface area (Å²) in [4.78, 5) is 3.51. The Morgan fingerprint density at radius 3 is 2.80 bits per heavy atom. The molecule has 0 aliphatic carbocycles. The third-order valence-corrected chi connectivity index (χ3v) is 3.13. The van der Waals surface area contributed by atoms with Crippen LogP contribution in [-0.4, -0.2) is 25.2 Å². The highest BCUT2D eigenvalue weighted by Gasteiger charge is 2.14. The van der Waals surface area contributed by atoms with Crippen molar-refractivity contribution in [3.8, 4) is 0 Å². The van der Waals surface area contributed by atoms with E-state index in [1.807, 2.05) is 0 Å². The van der Waals surface area contributed by atoms with Gasteiger partial charge in [-0.05, 0) is 19.1 Å². The van der Waals surface area contributed by atoms with E-state index < -0.39 is 21.2 Å². The van der Waals surface area contributed by atoms with Gasteiger partial charge in [0.05, 0.1) is 5.25 Å². The zero-order valence-electron chi connectivity index (χ0n) is 8.14. The fourth-order valence-electron chi connectivity index (χ4n) is 0.871. The summed E-state index contributed by atoms with van der Waals surface area (Å²) in [7, 11) is -3.57. The standard InChI is InChI=1S/C8H12FN3O2S/c1-6(15(10,13)14)5-11-8-4-2-3-7(9)12-8/h2-4,6H,5H2,1H3,(H,11,12)(H2,10,13,14). The smallest absolute Gasteiger partial charge is 0.214 e. The molecule has 0 spiro atoms. The van der Waals surface area contributed by atoms with Gasteiger partial charge in [-0.15, -0.1) is 0 Å². The van der Waals surface area contributed by atoms with Crippen molar-refractivity contribution in [3.63, 3.8) is 0 Å². The Morgan fingerprint density at radius 2 is 2.27 bits per heavy atom. The van der Waals surface area contributed by atoms with E-state index in [9.17, 15) is 12.8 Å². The Labute approximate surface area is 87.6 Å². The summed E-state index contributed by atoms with van der Waals surface area (Å²) in [6.45, 7) is 1.55. The fourth-order valence-corrected chi connectivity index (χ4v) is 1.19. The highest BCUT2D eigenvalue weighted by atomic mass is 32.2. The van der Waals surface area contributed by atoms with Crippen LogP contribution in [-0.2, 0) is 10.0 Å². The Bertz CT molecular complexity index is 435. The lowest BCUT2D eigenvalue weighted by Crippen LogP contribution is -2.32. The van der Waals surface area contributed by atoms with Crippen LogP contribution in [0.25, 0.3) is 0 Å². The van der Waals surface area contributed by atoms with Crippen LogP contribution in [0, 0.1) is 5.95 Å². The second kappa shape index (κ2) is 4.54. The summed E-state index contributed by atoms with van der Waals surface area (Å²) in [5, 5.41) is 6.84. The van der Waals surface area contributed by atoms with Crippen molar-refractivity contribution in [1.82, 2.24) is 4.98 Å². The molecule has 0 aliphatic heterocycles. The van der Waals surface area contributed by atoms with Crippen LogP contribution in [0.1, 0.15) is 6.92 Å². The maximum absolute atomic E-state index is 12.6. The van der Waals surface area contributed by atoms with Gasteiger partial charge in [-0.3, -0.25) is 0 Å². The van der Waals surface area contributed by atoms with Crippen molar-refractivity contribution >= 4 is 15.8 Å². The number of aromatic nitrogens is 1. The number of sulfonamides is 1. The van der Waals surface area contributed by atoms with Gasteiger partial charge in [0, 0.05) is 6.54 Å². The van der Waals surface area contributed by atoms with Crippen LogP contribution in [0.2, 0.25) is 0 Å². The van der Waals surface area contributed by atoms with Gasteiger partial charge >= 0.3 is 0 Å². The Kier molecular flexibility index (Phi) is 3.59. The van der Waals surface area contributed by atoms with Crippen molar-refractivity contribution in [2.24, 2.45) is 5.14 Å². The molecule has 0 saturated carbocycles. The van der Waals surface area contributed by atoms with E-state index in [2.05, 4.69) is 10.3 Å². The lowest BCUT2D eigenvalue weighted by atomic mass is 10.4. The van der Waals surface area contributed by atoms with Gasteiger partial charge in [0.15, 0.2) is 0 Å². The number of hydrogen-bond acceptors (Lipinski definition) is 4. The number of pyridine rings is 1. The largest absolute Gasteiger partial charge is 0.369 e. The van der Waals surface area contributed by atoms with Gasteiger partial charge < -0.3 is 5.32 Å². The molecule has 0 fully saturated rings. The van der Waals surface area contributed by atoms with Crippen molar-refractivity contribution in [3.05, 3.63) is 24.1 Å². The molecule has 15 heavy (non-hydrogen) atoms. The number of primary sulfonamides is 1. The summed E-state index contributed by atoms with van der Waals surface area (Å²) in [5.74, 6) is -0.339. The minimum Gasteiger partial charge on any atom is -0.369 e.